The number of piperazine rings is 1. The van der Waals surface area contributed by atoms with Crippen LogP contribution in [-0.2, 0) is 16.0 Å². The van der Waals surface area contributed by atoms with Crippen LogP contribution in [0.1, 0.15) is 50.5 Å². The van der Waals surface area contributed by atoms with Gasteiger partial charge in [-0.05, 0) is 67.3 Å². The molecule has 5 aliphatic rings. The average Bonchev–Trinajstić information content (AvgIpc) is 2.62. The van der Waals surface area contributed by atoms with Crippen LogP contribution in [0.25, 0.3) is 0 Å². The normalized spacial score (nSPS) is 37.3. The fraction of sp³-hybridized carbons (Fsp3) is 0.652. The fourth-order valence-corrected chi connectivity index (χ4v) is 6.98. The highest BCUT2D eigenvalue weighted by atomic mass is 16.2. The third kappa shape index (κ3) is 3.28. The molecule has 4 bridgehead atoms. The van der Waals surface area contributed by atoms with E-state index in [1.807, 2.05) is 35.2 Å². The Morgan fingerprint density at radius 2 is 1.67 bits per heavy atom. The monoisotopic (exact) mass is 366 g/mol. The van der Waals surface area contributed by atoms with Crippen molar-refractivity contribution in [2.24, 2.45) is 23.2 Å². The third-order valence-electron chi connectivity index (χ3n) is 7.61. The Kier molecular flexibility index (Phi) is 4.25. The second kappa shape index (κ2) is 6.65. The van der Waals surface area contributed by atoms with E-state index >= 15 is 0 Å². The summed E-state index contributed by atoms with van der Waals surface area (Å²) in [5, 5.41) is 2.96. The van der Waals surface area contributed by atoms with Crippen LogP contribution in [0.4, 0.5) is 0 Å². The molecular weight excluding hydrogens is 336 g/mol. The summed E-state index contributed by atoms with van der Waals surface area (Å²) in [4.78, 5) is 27.8. The zero-order chi connectivity index (χ0) is 18.4. The molecule has 5 fully saturated rings. The predicted molar refractivity (Wildman–Crippen MR) is 104 cm³/mol. The van der Waals surface area contributed by atoms with Gasteiger partial charge in [0.1, 0.15) is 6.04 Å². The molecule has 6 rings (SSSR count). The Labute approximate surface area is 161 Å². The van der Waals surface area contributed by atoms with Crippen molar-refractivity contribution in [3.05, 3.63) is 35.9 Å². The van der Waals surface area contributed by atoms with Gasteiger partial charge in [-0.25, -0.2) is 0 Å². The number of hydrogen-bond donors (Lipinski definition) is 1. The molecule has 27 heavy (non-hydrogen) atoms. The Morgan fingerprint density at radius 3 is 2.30 bits per heavy atom. The van der Waals surface area contributed by atoms with Gasteiger partial charge in [0.25, 0.3) is 0 Å². The molecule has 0 aromatic heterocycles. The number of nitrogens with one attached hydrogen (secondary N) is 1. The van der Waals surface area contributed by atoms with Gasteiger partial charge in [0.05, 0.1) is 0 Å². The van der Waals surface area contributed by atoms with Crippen molar-refractivity contribution < 1.29 is 9.59 Å². The van der Waals surface area contributed by atoms with Gasteiger partial charge >= 0.3 is 0 Å². The molecule has 2 amide bonds. The van der Waals surface area contributed by atoms with Crippen LogP contribution in [0.2, 0.25) is 0 Å². The molecule has 1 aromatic rings. The Hall–Kier alpha value is -1.84. The molecule has 4 aliphatic carbocycles. The molecule has 1 aliphatic heterocycles. The van der Waals surface area contributed by atoms with Gasteiger partial charge in [-0.1, -0.05) is 30.3 Å². The number of carbonyl (C=O) groups is 2. The van der Waals surface area contributed by atoms with Crippen LogP contribution in [0, 0.1) is 23.2 Å². The first-order chi connectivity index (χ1) is 13.1. The van der Waals surface area contributed by atoms with E-state index in [0.717, 1.165) is 23.3 Å². The highest BCUT2D eigenvalue weighted by Crippen LogP contribution is 2.61. The minimum absolute atomic E-state index is 0.00367. The average molecular weight is 367 g/mol. The van der Waals surface area contributed by atoms with Gasteiger partial charge in [0.15, 0.2) is 0 Å². The van der Waals surface area contributed by atoms with E-state index in [1.54, 1.807) is 0 Å². The number of carbonyl (C=O) groups excluding carboxylic acids is 2. The molecule has 1 saturated heterocycles. The van der Waals surface area contributed by atoms with Gasteiger partial charge in [0.2, 0.25) is 11.8 Å². The molecule has 1 heterocycles. The van der Waals surface area contributed by atoms with Crippen LogP contribution in [0.15, 0.2) is 30.3 Å². The van der Waals surface area contributed by atoms with Crippen LogP contribution in [0.5, 0.6) is 0 Å². The van der Waals surface area contributed by atoms with Crippen LogP contribution in [-0.4, -0.2) is 35.8 Å². The molecule has 4 nitrogen and oxygen atoms in total. The number of rotatable bonds is 4. The lowest BCUT2D eigenvalue weighted by Gasteiger charge is -2.57. The maximum absolute atomic E-state index is 13.4. The zero-order valence-corrected chi connectivity index (χ0v) is 16.0. The molecule has 0 radical (unpaired) electrons. The summed E-state index contributed by atoms with van der Waals surface area (Å²) in [7, 11) is 0. The van der Waals surface area contributed by atoms with E-state index in [9.17, 15) is 9.59 Å². The van der Waals surface area contributed by atoms with E-state index in [2.05, 4.69) is 5.32 Å². The Morgan fingerprint density at radius 1 is 1.04 bits per heavy atom. The highest BCUT2D eigenvalue weighted by Gasteiger charge is 2.52. The molecule has 4 heteroatoms. The summed E-state index contributed by atoms with van der Waals surface area (Å²) in [6.45, 7) is 1.23. The molecule has 1 atom stereocenters. The summed E-state index contributed by atoms with van der Waals surface area (Å²) in [5.74, 6) is 2.79. The van der Waals surface area contributed by atoms with E-state index in [-0.39, 0.29) is 23.3 Å². The van der Waals surface area contributed by atoms with Crippen molar-refractivity contribution in [3.63, 3.8) is 0 Å². The van der Waals surface area contributed by atoms with Gasteiger partial charge in [0, 0.05) is 25.9 Å². The van der Waals surface area contributed by atoms with E-state index in [1.165, 1.54) is 38.5 Å². The van der Waals surface area contributed by atoms with E-state index in [0.29, 0.717) is 25.9 Å². The third-order valence-corrected chi connectivity index (χ3v) is 7.61. The van der Waals surface area contributed by atoms with Crippen molar-refractivity contribution in [3.8, 4) is 0 Å². The first-order valence-corrected chi connectivity index (χ1v) is 10.7. The minimum atomic E-state index is -0.359. The molecule has 1 aromatic carbocycles. The van der Waals surface area contributed by atoms with Gasteiger partial charge in [-0.2, -0.15) is 0 Å². The Balaban J connectivity index is 1.32. The second-order valence-corrected chi connectivity index (χ2v) is 9.68. The summed E-state index contributed by atoms with van der Waals surface area (Å²) < 4.78 is 0. The molecular formula is C23H30N2O2. The lowest BCUT2D eigenvalue weighted by molar-refractivity contribution is -0.148. The SMILES string of the molecule is O=C1NCCN(C(=O)CC23CC4CC(CC(C4)C2)C3)[C@@H]1Cc1ccccc1. The minimum Gasteiger partial charge on any atom is -0.353 e. The van der Waals surface area contributed by atoms with E-state index < -0.39 is 0 Å². The van der Waals surface area contributed by atoms with Crippen molar-refractivity contribution in [1.29, 1.82) is 0 Å². The maximum atomic E-state index is 13.4. The summed E-state index contributed by atoms with van der Waals surface area (Å²) in [5.41, 5.74) is 1.35. The lowest BCUT2D eigenvalue weighted by Crippen LogP contribution is -2.59. The van der Waals surface area contributed by atoms with Gasteiger partial charge in [-0.3, -0.25) is 9.59 Å². The summed E-state index contributed by atoms with van der Waals surface area (Å²) in [6.07, 6.45) is 9.20. The Bertz CT molecular complexity index is 694. The highest BCUT2D eigenvalue weighted by molar-refractivity contribution is 5.89. The number of nitrogens with zero attached hydrogens (tertiary/aromatic N) is 1. The van der Waals surface area contributed by atoms with Crippen molar-refractivity contribution in [2.75, 3.05) is 13.1 Å². The molecule has 0 unspecified atom stereocenters. The molecule has 144 valence electrons. The van der Waals surface area contributed by atoms with Crippen LogP contribution < -0.4 is 5.32 Å². The maximum Gasteiger partial charge on any atom is 0.243 e. The number of hydrogen-bond acceptors (Lipinski definition) is 2. The summed E-state index contributed by atoms with van der Waals surface area (Å²) >= 11 is 0. The molecule has 4 saturated carbocycles. The van der Waals surface area contributed by atoms with Gasteiger partial charge in [-0.15, -0.1) is 0 Å². The zero-order valence-electron chi connectivity index (χ0n) is 16.0. The largest absolute Gasteiger partial charge is 0.353 e. The molecule has 1 N–H and O–H groups in total. The first kappa shape index (κ1) is 17.3. The van der Waals surface area contributed by atoms with Crippen molar-refractivity contribution in [2.45, 2.75) is 57.4 Å². The predicted octanol–water partition coefficient (Wildman–Crippen LogP) is 3.16. The second-order valence-electron chi connectivity index (χ2n) is 9.68. The standard InChI is InChI=1S/C23H30N2O2/c26-21(15-23-12-17-8-18(13-23)10-19(9-17)14-23)25-7-6-24-22(27)20(25)11-16-4-2-1-3-5-16/h1-5,17-20H,6-15H2,(H,24,27)/t17?,18?,19?,20-,23?/m1/s1. The summed E-state index contributed by atoms with van der Waals surface area (Å²) in [6, 6.07) is 9.71. The van der Waals surface area contributed by atoms with Crippen LogP contribution >= 0.6 is 0 Å². The smallest absolute Gasteiger partial charge is 0.243 e. The lowest BCUT2D eigenvalue weighted by atomic mass is 9.49. The first-order valence-electron chi connectivity index (χ1n) is 10.7. The number of amides is 2. The number of benzene rings is 1. The van der Waals surface area contributed by atoms with Gasteiger partial charge < -0.3 is 10.2 Å². The van der Waals surface area contributed by atoms with Crippen molar-refractivity contribution in [1.82, 2.24) is 10.2 Å². The van der Waals surface area contributed by atoms with Crippen molar-refractivity contribution >= 4 is 11.8 Å². The topological polar surface area (TPSA) is 49.4 Å². The quantitative estimate of drug-likeness (QED) is 0.890. The fourth-order valence-electron chi connectivity index (χ4n) is 6.98. The molecule has 0 spiro atoms. The van der Waals surface area contributed by atoms with E-state index in [4.69, 9.17) is 0 Å². The van der Waals surface area contributed by atoms with Crippen LogP contribution in [0.3, 0.4) is 0 Å².